The molecule has 0 radical (unpaired) electrons. The van der Waals surface area contributed by atoms with Gasteiger partial charge in [0.2, 0.25) is 0 Å². The Morgan fingerprint density at radius 3 is 2.89 bits per heavy atom. The fraction of sp³-hybridized carbons (Fsp3) is 0.625. The third-order valence-corrected chi connectivity index (χ3v) is 3.99. The van der Waals surface area contributed by atoms with E-state index < -0.39 is 0 Å². The van der Waals surface area contributed by atoms with Gasteiger partial charge in [0.15, 0.2) is 0 Å². The van der Waals surface area contributed by atoms with Crippen molar-refractivity contribution in [1.82, 2.24) is 5.32 Å². The number of nitrogens with zero attached hydrogens (tertiary/aromatic N) is 1. The van der Waals surface area contributed by atoms with Gasteiger partial charge < -0.3 is 10.2 Å². The lowest BCUT2D eigenvalue weighted by molar-refractivity contribution is 0.568. The summed E-state index contributed by atoms with van der Waals surface area (Å²) in [5, 5.41) is 3.37. The maximum atomic E-state index is 13.4. The molecule has 3 heteroatoms. The van der Waals surface area contributed by atoms with E-state index >= 15 is 0 Å². The molecule has 0 aromatic heterocycles. The Labute approximate surface area is 116 Å². The number of benzene rings is 1. The highest BCUT2D eigenvalue weighted by Gasteiger charge is 2.22. The monoisotopic (exact) mass is 264 g/mol. The van der Waals surface area contributed by atoms with E-state index in [-0.39, 0.29) is 5.82 Å². The van der Waals surface area contributed by atoms with Crippen molar-refractivity contribution in [2.45, 2.75) is 39.7 Å². The van der Waals surface area contributed by atoms with Crippen LogP contribution in [0.1, 0.15) is 38.7 Å². The van der Waals surface area contributed by atoms with Crippen LogP contribution in [0.25, 0.3) is 0 Å². The van der Waals surface area contributed by atoms with Gasteiger partial charge in [-0.25, -0.2) is 4.39 Å². The van der Waals surface area contributed by atoms with E-state index in [1.54, 1.807) is 12.1 Å². The van der Waals surface area contributed by atoms with Crippen LogP contribution in [-0.2, 0) is 6.54 Å². The molecule has 1 heterocycles. The van der Waals surface area contributed by atoms with Crippen molar-refractivity contribution >= 4 is 5.69 Å². The smallest absolute Gasteiger partial charge is 0.123 e. The zero-order chi connectivity index (χ0) is 13.7. The molecule has 1 atom stereocenters. The average Bonchev–Trinajstić information content (AvgIpc) is 2.88. The van der Waals surface area contributed by atoms with Crippen molar-refractivity contribution < 1.29 is 4.39 Å². The van der Waals surface area contributed by atoms with Crippen molar-refractivity contribution in [2.75, 3.05) is 24.5 Å². The van der Waals surface area contributed by atoms with Crippen LogP contribution in [0.2, 0.25) is 0 Å². The number of hydrogen-bond donors (Lipinski definition) is 1. The number of anilines is 1. The fourth-order valence-electron chi connectivity index (χ4n) is 2.79. The van der Waals surface area contributed by atoms with Crippen LogP contribution in [0.3, 0.4) is 0 Å². The lowest BCUT2D eigenvalue weighted by atomic mass is 10.1. The molecule has 1 saturated heterocycles. The Hall–Kier alpha value is -1.09. The zero-order valence-electron chi connectivity index (χ0n) is 12.1. The van der Waals surface area contributed by atoms with Gasteiger partial charge in [0.05, 0.1) is 0 Å². The molecule has 0 aliphatic carbocycles. The van der Waals surface area contributed by atoms with Crippen LogP contribution >= 0.6 is 0 Å². The number of rotatable bonds is 6. The molecule has 0 bridgehead atoms. The summed E-state index contributed by atoms with van der Waals surface area (Å²) in [5.74, 6) is 0.657. The molecule has 1 aliphatic rings. The van der Waals surface area contributed by atoms with Crippen molar-refractivity contribution in [3.05, 3.63) is 29.6 Å². The summed E-state index contributed by atoms with van der Waals surface area (Å²) in [7, 11) is 0. The third kappa shape index (κ3) is 3.69. The molecule has 1 aromatic rings. The van der Waals surface area contributed by atoms with E-state index in [1.807, 2.05) is 6.07 Å². The van der Waals surface area contributed by atoms with Crippen LogP contribution in [0, 0.1) is 11.7 Å². The average molecular weight is 264 g/mol. The molecule has 1 aromatic carbocycles. The van der Waals surface area contributed by atoms with Gasteiger partial charge >= 0.3 is 0 Å². The standard InChI is InChI=1S/C16H25FN2/c1-3-8-18-11-14-10-15(17)5-6-16(14)19-9-7-13(4-2)12-19/h5-6,10,13,18H,3-4,7-9,11-12H2,1-2H3. The second-order valence-corrected chi connectivity index (χ2v) is 5.46. The molecular weight excluding hydrogens is 239 g/mol. The van der Waals surface area contributed by atoms with E-state index in [9.17, 15) is 4.39 Å². The van der Waals surface area contributed by atoms with Crippen LogP contribution in [0.5, 0.6) is 0 Å². The summed E-state index contributed by atoms with van der Waals surface area (Å²) in [6.45, 7) is 8.35. The highest BCUT2D eigenvalue weighted by Crippen LogP contribution is 2.29. The Morgan fingerprint density at radius 2 is 2.21 bits per heavy atom. The summed E-state index contributed by atoms with van der Waals surface area (Å²) in [6.07, 6.45) is 3.60. The lowest BCUT2D eigenvalue weighted by Crippen LogP contribution is -2.23. The number of halogens is 1. The molecule has 0 spiro atoms. The van der Waals surface area contributed by atoms with Gasteiger partial charge in [0, 0.05) is 25.3 Å². The predicted octanol–water partition coefficient (Wildman–Crippen LogP) is 3.56. The summed E-state index contributed by atoms with van der Waals surface area (Å²) in [4.78, 5) is 2.41. The highest BCUT2D eigenvalue weighted by atomic mass is 19.1. The van der Waals surface area contributed by atoms with Crippen molar-refractivity contribution in [3.8, 4) is 0 Å². The maximum Gasteiger partial charge on any atom is 0.123 e. The minimum Gasteiger partial charge on any atom is -0.371 e. The first-order valence-corrected chi connectivity index (χ1v) is 7.48. The predicted molar refractivity (Wildman–Crippen MR) is 79.0 cm³/mol. The van der Waals surface area contributed by atoms with Gasteiger partial charge in [-0.2, -0.15) is 0 Å². The molecule has 19 heavy (non-hydrogen) atoms. The number of hydrogen-bond acceptors (Lipinski definition) is 2. The first-order valence-electron chi connectivity index (χ1n) is 7.48. The second kappa shape index (κ2) is 6.90. The van der Waals surface area contributed by atoms with Gasteiger partial charge in [0.1, 0.15) is 5.82 Å². The summed E-state index contributed by atoms with van der Waals surface area (Å²) >= 11 is 0. The second-order valence-electron chi connectivity index (χ2n) is 5.46. The quantitative estimate of drug-likeness (QED) is 0.790. The van der Waals surface area contributed by atoms with E-state index in [4.69, 9.17) is 0 Å². The van der Waals surface area contributed by atoms with E-state index in [0.717, 1.165) is 44.1 Å². The molecular formula is C16H25FN2. The van der Waals surface area contributed by atoms with Crippen molar-refractivity contribution in [3.63, 3.8) is 0 Å². The molecule has 1 aliphatic heterocycles. The van der Waals surface area contributed by atoms with Crippen molar-refractivity contribution in [2.24, 2.45) is 5.92 Å². The maximum absolute atomic E-state index is 13.4. The molecule has 0 amide bonds. The van der Waals surface area contributed by atoms with Crippen LogP contribution in [0.4, 0.5) is 10.1 Å². The van der Waals surface area contributed by atoms with E-state index in [0.29, 0.717) is 0 Å². The van der Waals surface area contributed by atoms with Gasteiger partial charge in [-0.3, -0.25) is 0 Å². The normalized spacial score (nSPS) is 19.1. The zero-order valence-corrected chi connectivity index (χ0v) is 12.1. The summed E-state index contributed by atoms with van der Waals surface area (Å²) in [6, 6.07) is 5.20. The third-order valence-electron chi connectivity index (χ3n) is 3.99. The van der Waals surface area contributed by atoms with E-state index in [1.165, 1.54) is 18.5 Å². The van der Waals surface area contributed by atoms with Gasteiger partial charge in [-0.15, -0.1) is 0 Å². The Kier molecular flexibility index (Phi) is 5.20. The first kappa shape index (κ1) is 14.3. The number of nitrogens with one attached hydrogen (secondary N) is 1. The first-order chi connectivity index (χ1) is 9.24. The Balaban J connectivity index is 2.10. The molecule has 106 valence electrons. The topological polar surface area (TPSA) is 15.3 Å². The van der Waals surface area contributed by atoms with Crippen molar-refractivity contribution in [1.29, 1.82) is 0 Å². The van der Waals surface area contributed by atoms with Gasteiger partial charge in [-0.05, 0) is 49.1 Å². The van der Waals surface area contributed by atoms with Crippen LogP contribution in [0.15, 0.2) is 18.2 Å². The minimum absolute atomic E-state index is 0.136. The van der Waals surface area contributed by atoms with Crippen LogP contribution in [-0.4, -0.2) is 19.6 Å². The molecule has 2 rings (SSSR count). The summed E-state index contributed by atoms with van der Waals surface area (Å²) < 4.78 is 13.4. The molecule has 2 nitrogen and oxygen atoms in total. The highest BCUT2D eigenvalue weighted by molar-refractivity contribution is 5.54. The summed E-state index contributed by atoms with van der Waals surface area (Å²) in [5.41, 5.74) is 2.30. The lowest BCUT2D eigenvalue weighted by Gasteiger charge is -2.22. The Morgan fingerprint density at radius 1 is 1.37 bits per heavy atom. The fourth-order valence-corrected chi connectivity index (χ4v) is 2.79. The molecule has 1 fully saturated rings. The Bertz CT molecular complexity index is 406. The minimum atomic E-state index is -0.136. The molecule has 1 unspecified atom stereocenters. The molecule has 1 N–H and O–H groups in total. The molecule has 0 saturated carbocycles. The van der Waals surface area contributed by atoms with Gasteiger partial charge in [-0.1, -0.05) is 20.3 Å². The largest absolute Gasteiger partial charge is 0.371 e. The van der Waals surface area contributed by atoms with E-state index in [2.05, 4.69) is 24.1 Å². The van der Waals surface area contributed by atoms with Crippen LogP contribution < -0.4 is 10.2 Å². The van der Waals surface area contributed by atoms with Gasteiger partial charge in [0.25, 0.3) is 0 Å². The SMILES string of the molecule is CCCNCc1cc(F)ccc1N1CCC(CC)C1.